The van der Waals surface area contributed by atoms with Crippen molar-refractivity contribution in [3.63, 3.8) is 0 Å². The van der Waals surface area contributed by atoms with Gasteiger partial charge in [-0.05, 0) is 5.41 Å². The third-order valence-corrected chi connectivity index (χ3v) is 3.66. The van der Waals surface area contributed by atoms with E-state index in [1.165, 1.54) is 12.0 Å². The molecule has 5 heteroatoms. The van der Waals surface area contributed by atoms with E-state index in [0.29, 0.717) is 0 Å². The molecule has 0 N–H and O–H groups in total. The van der Waals surface area contributed by atoms with Crippen molar-refractivity contribution >= 4 is 17.8 Å². The number of hydrogen-bond acceptors (Lipinski definition) is 4. The first kappa shape index (κ1) is 11.1. The molecule has 0 aromatic carbocycles. The maximum Gasteiger partial charge on any atom is 0.307 e. The number of esters is 1. The number of nitrogens with zero attached hydrogens (tertiary/aromatic N) is 1. The normalized spacial score (nSPS) is 30.3. The highest BCUT2D eigenvalue weighted by Crippen LogP contribution is 2.63. The highest BCUT2D eigenvalue weighted by Gasteiger charge is 2.72. The van der Waals surface area contributed by atoms with Crippen LogP contribution >= 0.6 is 0 Å². The molecule has 0 bridgehead atoms. The highest BCUT2D eigenvalue weighted by atomic mass is 16.5. The van der Waals surface area contributed by atoms with E-state index >= 15 is 0 Å². The summed E-state index contributed by atoms with van der Waals surface area (Å²) >= 11 is 0. The lowest BCUT2D eigenvalue weighted by Crippen LogP contribution is -2.37. The topological polar surface area (TPSA) is 63.7 Å². The number of likely N-dealkylation sites (tertiary alicyclic amines) is 1. The molecule has 2 fully saturated rings. The van der Waals surface area contributed by atoms with E-state index in [9.17, 15) is 14.4 Å². The Morgan fingerprint density at radius 3 is 2.25 bits per heavy atom. The van der Waals surface area contributed by atoms with Gasteiger partial charge in [-0.25, -0.2) is 0 Å². The fraction of sp³-hybridized carbons (Fsp3) is 0.727. The smallest absolute Gasteiger partial charge is 0.307 e. The van der Waals surface area contributed by atoms with Crippen molar-refractivity contribution < 1.29 is 19.1 Å². The van der Waals surface area contributed by atoms with Gasteiger partial charge in [0.15, 0.2) is 0 Å². The fourth-order valence-corrected chi connectivity index (χ4v) is 2.53. The van der Waals surface area contributed by atoms with Gasteiger partial charge in [-0.2, -0.15) is 0 Å². The third-order valence-electron chi connectivity index (χ3n) is 3.66. The van der Waals surface area contributed by atoms with Gasteiger partial charge in [-0.15, -0.1) is 0 Å². The van der Waals surface area contributed by atoms with E-state index in [1.807, 2.05) is 13.8 Å². The summed E-state index contributed by atoms with van der Waals surface area (Å²) in [5, 5.41) is 0. The van der Waals surface area contributed by atoms with Crippen LogP contribution in [-0.2, 0) is 19.1 Å². The van der Waals surface area contributed by atoms with Crippen molar-refractivity contribution in [1.29, 1.82) is 0 Å². The van der Waals surface area contributed by atoms with Gasteiger partial charge in [0.2, 0.25) is 11.8 Å². The molecule has 0 radical (unpaired) electrons. The summed E-state index contributed by atoms with van der Waals surface area (Å²) in [5.41, 5.74) is -0.185. The molecule has 2 rings (SSSR count). The molecular weight excluding hydrogens is 210 g/mol. The van der Waals surface area contributed by atoms with E-state index in [2.05, 4.69) is 4.74 Å². The summed E-state index contributed by atoms with van der Waals surface area (Å²) in [4.78, 5) is 35.8. The summed E-state index contributed by atoms with van der Waals surface area (Å²) in [6, 6.07) is 0. The van der Waals surface area contributed by atoms with Gasteiger partial charge in [0.05, 0.1) is 25.4 Å². The maximum atomic E-state index is 11.8. The van der Waals surface area contributed by atoms with E-state index in [1.54, 1.807) is 0 Å². The van der Waals surface area contributed by atoms with Gasteiger partial charge in [0, 0.05) is 6.54 Å². The number of fused-ring (bicyclic) bond motifs is 1. The van der Waals surface area contributed by atoms with Crippen LogP contribution < -0.4 is 0 Å². The van der Waals surface area contributed by atoms with Crippen LogP contribution in [0.1, 0.15) is 20.3 Å². The summed E-state index contributed by atoms with van der Waals surface area (Å²) in [7, 11) is 1.29. The third kappa shape index (κ3) is 1.34. The number of methoxy groups -OCH3 is 1. The molecule has 0 spiro atoms. The quantitative estimate of drug-likeness (QED) is 0.508. The second-order valence-corrected chi connectivity index (χ2v) is 4.93. The average molecular weight is 225 g/mol. The molecule has 2 unspecified atom stereocenters. The Labute approximate surface area is 93.7 Å². The van der Waals surface area contributed by atoms with E-state index < -0.39 is 5.97 Å². The highest BCUT2D eigenvalue weighted by molar-refractivity contribution is 6.10. The van der Waals surface area contributed by atoms with E-state index in [-0.39, 0.29) is 42.0 Å². The van der Waals surface area contributed by atoms with Crippen LogP contribution in [0.3, 0.4) is 0 Å². The zero-order valence-electron chi connectivity index (χ0n) is 9.65. The minimum atomic E-state index is -0.402. The molecule has 88 valence electrons. The first-order valence-corrected chi connectivity index (χ1v) is 5.33. The summed E-state index contributed by atoms with van der Waals surface area (Å²) in [5.74, 6) is -1.01. The predicted molar refractivity (Wildman–Crippen MR) is 54.1 cm³/mol. The Morgan fingerprint density at radius 1 is 1.31 bits per heavy atom. The lowest BCUT2D eigenvalue weighted by Gasteiger charge is -2.19. The number of amides is 2. The molecule has 1 saturated carbocycles. The maximum absolute atomic E-state index is 11.8. The van der Waals surface area contributed by atoms with Crippen molar-refractivity contribution in [3.8, 4) is 0 Å². The van der Waals surface area contributed by atoms with Crippen molar-refractivity contribution in [2.45, 2.75) is 20.3 Å². The molecule has 2 aliphatic rings. The zero-order chi connectivity index (χ0) is 12.1. The fourth-order valence-electron chi connectivity index (χ4n) is 2.53. The van der Waals surface area contributed by atoms with Crippen LogP contribution in [-0.4, -0.2) is 36.3 Å². The number of rotatable bonds is 3. The number of carbonyl (C=O) groups is 3. The second-order valence-electron chi connectivity index (χ2n) is 4.93. The van der Waals surface area contributed by atoms with Gasteiger partial charge >= 0.3 is 5.97 Å². The van der Waals surface area contributed by atoms with Gasteiger partial charge in [-0.3, -0.25) is 19.3 Å². The Morgan fingerprint density at radius 2 is 1.81 bits per heavy atom. The molecule has 5 nitrogen and oxygen atoms in total. The lowest BCUT2D eigenvalue weighted by molar-refractivity contribution is -0.145. The van der Waals surface area contributed by atoms with Crippen molar-refractivity contribution in [1.82, 2.24) is 4.90 Å². The minimum absolute atomic E-state index is 0.0772. The van der Waals surface area contributed by atoms with Crippen LogP contribution in [0.5, 0.6) is 0 Å². The number of hydrogen-bond donors (Lipinski definition) is 0. The Bertz CT molecular complexity index is 350. The van der Waals surface area contributed by atoms with Gasteiger partial charge in [0.25, 0.3) is 0 Å². The molecular formula is C11H15NO4. The van der Waals surface area contributed by atoms with Crippen LogP contribution in [0.4, 0.5) is 0 Å². The molecule has 1 aliphatic heterocycles. The first-order chi connectivity index (χ1) is 7.41. The molecule has 16 heavy (non-hydrogen) atoms. The average Bonchev–Trinajstić information content (AvgIpc) is 2.68. The second kappa shape index (κ2) is 3.30. The van der Waals surface area contributed by atoms with Crippen LogP contribution in [0.2, 0.25) is 0 Å². The SMILES string of the molecule is COC(=O)CCN1C(=O)C2C(C1=O)C2(C)C. The van der Waals surface area contributed by atoms with E-state index in [0.717, 1.165) is 0 Å². The predicted octanol–water partition coefficient (Wildman–Crippen LogP) is 0.190. The largest absolute Gasteiger partial charge is 0.469 e. The Balaban J connectivity index is 1.98. The Kier molecular flexibility index (Phi) is 2.29. The Hall–Kier alpha value is -1.39. The molecule has 2 atom stereocenters. The zero-order valence-corrected chi connectivity index (χ0v) is 9.65. The molecule has 1 heterocycles. The van der Waals surface area contributed by atoms with Crippen LogP contribution in [0, 0.1) is 17.3 Å². The number of ether oxygens (including phenoxy) is 1. The van der Waals surface area contributed by atoms with Gasteiger partial charge < -0.3 is 4.74 Å². The van der Waals surface area contributed by atoms with Gasteiger partial charge in [-0.1, -0.05) is 13.8 Å². The summed E-state index contributed by atoms with van der Waals surface area (Å²) in [6.07, 6.45) is 0.0772. The molecule has 1 saturated heterocycles. The van der Waals surface area contributed by atoms with Gasteiger partial charge in [0.1, 0.15) is 0 Å². The molecule has 0 aromatic rings. The van der Waals surface area contributed by atoms with E-state index in [4.69, 9.17) is 0 Å². The summed E-state index contributed by atoms with van der Waals surface area (Å²) in [6.45, 7) is 4.00. The lowest BCUT2D eigenvalue weighted by atomic mass is 10.1. The van der Waals surface area contributed by atoms with Crippen molar-refractivity contribution in [2.75, 3.05) is 13.7 Å². The standard InChI is InChI=1S/C11H15NO4/c1-11(2)7-8(11)10(15)12(9(7)14)5-4-6(13)16-3/h7-8H,4-5H2,1-3H3. The minimum Gasteiger partial charge on any atom is -0.469 e. The summed E-state index contributed by atoms with van der Waals surface area (Å²) < 4.78 is 4.47. The number of imide groups is 1. The van der Waals surface area contributed by atoms with Crippen molar-refractivity contribution in [2.24, 2.45) is 17.3 Å². The first-order valence-electron chi connectivity index (χ1n) is 5.33. The molecule has 1 aliphatic carbocycles. The van der Waals surface area contributed by atoms with Crippen LogP contribution in [0.15, 0.2) is 0 Å². The molecule has 2 amide bonds. The number of carbonyl (C=O) groups excluding carboxylic acids is 3. The van der Waals surface area contributed by atoms with Crippen LogP contribution in [0.25, 0.3) is 0 Å². The molecule has 0 aromatic heterocycles. The number of piperidine rings is 1. The monoisotopic (exact) mass is 225 g/mol. The van der Waals surface area contributed by atoms with Crippen molar-refractivity contribution in [3.05, 3.63) is 0 Å².